The molecule has 1 heterocycles. The summed E-state index contributed by atoms with van der Waals surface area (Å²) in [6, 6.07) is 0. The second-order valence-electron chi connectivity index (χ2n) is 5.91. The van der Waals surface area contributed by atoms with Crippen LogP contribution in [-0.4, -0.2) is 31.5 Å². The second kappa shape index (κ2) is 5.11. The molecule has 0 radical (unpaired) electrons. The number of nitrogens with zero attached hydrogens (tertiary/aromatic N) is 2. The molecule has 0 N–H and O–H groups in total. The molecule has 1 rings (SSSR count). The number of hydrogen-bond donors (Lipinski definition) is 0. The molecular formula is C9H19Cl6N2Sb. The zero-order valence-corrected chi connectivity index (χ0v) is 18.1. The van der Waals surface area contributed by atoms with E-state index in [9.17, 15) is 0 Å². The Morgan fingerprint density at radius 2 is 1.33 bits per heavy atom. The molecule has 0 bridgehead atoms. The maximum absolute atomic E-state index is 5.42. The Balaban J connectivity index is 0.000000360. The van der Waals surface area contributed by atoms with Crippen LogP contribution in [0.5, 0.6) is 0 Å². The molecule has 9 heteroatoms. The van der Waals surface area contributed by atoms with E-state index in [2.05, 4.69) is 44.4 Å². The Bertz CT molecular complexity index is 336. The molecule has 0 unspecified atom stereocenters. The van der Waals surface area contributed by atoms with Gasteiger partial charge in [-0.1, -0.05) is 0 Å². The van der Waals surface area contributed by atoms with E-state index in [4.69, 9.17) is 53.0 Å². The van der Waals surface area contributed by atoms with Gasteiger partial charge >= 0.3 is 62.1 Å². The first-order chi connectivity index (χ1) is 7.26. The molecule has 0 aromatic carbocycles. The van der Waals surface area contributed by atoms with Crippen molar-refractivity contribution in [2.45, 2.75) is 52.1 Å². The van der Waals surface area contributed by atoms with Crippen molar-refractivity contribution >= 4 is 62.1 Å². The topological polar surface area (TPSA) is 15.4 Å². The van der Waals surface area contributed by atoms with E-state index in [0.29, 0.717) is 0 Å². The van der Waals surface area contributed by atoms with Gasteiger partial charge in [0.2, 0.25) is 0 Å². The average molecular weight is 490 g/mol. The van der Waals surface area contributed by atoms with E-state index in [1.807, 2.05) is 0 Å². The second-order valence-corrected chi connectivity index (χ2v) is 62.8. The van der Waals surface area contributed by atoms with E-state index >= 15 is 0 Å². The first kappa shape index (κ1) is 20.2. The van der Waals surface area contributed by atoms with Gasteiger partial charge in [-0.3, -0.25) is 0 Å². The molecule has 1 aliphatic rings. The minimum atomic E-state index is -5.42. The molecule has 112 valence electrons. The van der Waals surface area contributed by atoms with Crippen molar-refractivity contribution < 1.29 is 4.70 Å². The van der Waals surface area contributed by atoms with Crippen LogP contribution in [0.4, 0.5) is 0 Å². The van der Waals surface area contributed by atoms with Crippen molar-refractivity contribution in [2.24, 2.45) is 5.11 Å². The zero-order valence-electron chi connectivity index (χ0n) is 11.0. The normalized spacial score (nSPS) is 23.4. The third-order valence-corrected chi connectivity index (χ3v) is 2.10. The Hall–Kier alpha value is 2.16. The van der Waals surface area contributed by atoms with Crippen LogP contribution < -0.4 is 0 Å². The Morgan fingerprint density at radius 3 is 1.44 bits per heavy atom. The van der Waals surface area contributed by atoms with Gasteiger partial charge in [-0.25, -0.2) is 0 Å². The fraction of sp³-hybridized carbons (Fsp3) is 1.00. The zero-order chi connectivity index (χ0) is 15.1. The molecular weight excluding hydrogens is 471 g/mol. The van der Waals surface area contributed by atoms with Crippen molar-refractivity contribution in [2.75, 3.05) is 6.54 Å². The molecule has 2 nitrogen and oxygen atoms in total. The Kier molecular flexibility index (Phi) is 5.72. The standard InChI is InChI=1S/C9H19N2.6ClH.Sb/c1-8(2,3)11-7-6-9(4,5)10-11;;;;;;;/h6-7H2,1-5H3;6*1H;/q+1;;;;;;;+5/p-6. The van der Waals surface area contributed by atoms with Gasteiger partial charge in [0.05, 0.1) is 0 Å². The number of hydrogen-bond acceptors (Lipinski definition) is 1. The van der Waals surface area contributed by atoms with Gasteiger partial charge in [0, 0.05) is 27.2 Å². The predicted molar refractivity (Wildman–Crippen MR) is 86.9 cm³/mol. The van der Waals surface area contributed by atoms with Crippen LogP contribution in [0.3, 0.4) is 0 Å². The molecule has 0 atom stereocenters. The number of halogens is 6. The summed E-state index contributed by atoms with van der Waals surface area (Å²) in [5.41, 5.74) is 0.376. The van der Waals surface area contributed by atoms with Gasteiger partial charge in [-0.2, -0.15) is 0 Å². The van der Waals surface area contributed by atoms with Crippen molar-refractivity contribution in [3.05, 3.63) is 0 Å². The third kappa shape index (κ3) is 14.6. The molecule has 0 fully saturated rings. The van der Waals surface area contributed by atoms with Crippen LogP contribution in [0.25, 0.3) is 0 Å². The first-order valence-electron chi connectivity index (χ1n) is 5.33. The Labute approximate surface area is 129 Å². The van der Waals surface area contributed by atoms with E-state index in [0.717, 1.165) is 6.54 Å². The van der Waals surface area contributed by atoms with Crippen LogP contribution in [0, 0.1) is 0 Å². The summed E-state index contributed by atoms with van der Waals surface area (Å²) < 4.78 is 2.20. The molecule has 0 spiro atoms. The van der Waals surface area contributed by atoms with Gasteiger partial charge in [-0.05, 0) is 19.0 Å². The van der Waals surface area contributed by atoms with E-state index in [-0.39, 0.29) is 11.1 Å². The number of azo groups is 2. The third-order valence-electron chi connectivity index (χ3n) is 2.10. The minimum absolute atomic E-state index is 0.174. The molecule has 0 aromatic rings. The summed E-state index contributed by atoms with van der Waals surface area (Å²) in [5.74, 6) is 0. The fourth-order valence-corrected chi connectivity index (χ4v) is 1.29. The summed E-state index contributed by atoms with van der Waals surface area (Å²) in [6.07, 6.45) is 1.18. The summed E-state index contributed by atoms with van der Waals surface area (Å²) in [7, 11) is 25.0. The van der Waals surface area contributed by atoms with E-state index in [1.54, 1.807) is 0 Å². The summed E-state index contributed by atoms with van der Waals surface area (Å²) in [5, 5.41) is 4.62. The van der Waals surface area contributed by atoms with Crippen LogP contribution in [-0.2, 0) is 0 Å². The van der Waals surface area contributed by atoms with E-state index in [1.165, 1.54) is 6.42 Å². The number of rotatable bonds is 0. The Morgan fingerprint density at radius 1 is 1.00 bits per heavy atom. The SMILES string of the molecule is CC1(C)CC[N+](C(C)(C)C)=N1.[Cl][Sb-]([Cl])([Cl])([Cl])([Cl])[Cl]. The summed E-state index contributed by atoms with van der Waals surface area (Å²) in [4.78, 5) is 0. The van der Waals surface area contributed by atoms with Gasteiger partial charge < -0.3 is 0 Å². The fourth-order valence-electron chi connectivity index (χ4n) is 1.29. The van der Waals surface area contributed by atoms with Crippen LogP contribution in [0.1, 0.15) is 41.0 Å². The molecule has 0 aliphatic carbocycles. The van der Waals surface area contributed by atoms with Crippen LogP contribution in [0.2, 0.25) is 0 Å². The molecule has 18 heavy (non-hydrogen) atoms. The molecule has 0 saturated heterocycles. The summed E-state index contributed by atoms with van der Waals surface area (Å²) in [6.45, 7) is 12.1. The quantitative estimate of drug-likeness (QED) is 0.285. The molecule has 0 amide bonds. The van der Waals surface area contributed by atoms with E-state index < -0.39 is 9.14 Å². The van der Waals surface area contributed by atoms with Crippen molar-refractivity contribution in [3.63, 3.8) is 0 Å². The van der Waals surface area contributed by atoms with Gasteiger partial charge in [0.25, 0.3) is 0 Å². The van der Waals surface area contributed by atoms with Crippen LogP contribution >= 0.6 is 53.0 Å². The molecule has 0 aromatic heterocycles. The maximum atomic E-state index is 5.06. The van der Waals surface area contributed by atoms with Gasteiger partial charge in [-0.15, -0.1) is 4.70 Å². The van der Waals surface area contributed by atoms with Crippen molar-refractivity contribution in [3.8, 4) is 0 Å². The average Bonchev–Trinajstić information content (AvgIpc) is 2.20. The van der Waals surface area contributed by atoms with Crippen molar-refractivity contribution in [1.82, 2.24) is 0 Å². The van der Waals surface area contributed by atoms with Gasteiger partial charge in [0.1, 0.15) is 5.54 Å². The monoisotopic (exact) mass is 486 g/mol. The van der Waals surface area contributed by atoms with Gasteiger partial charge in [0.15, 0.2) is 12.1 Å². The molecule has 0 saturated carbocycles. The predicted octanol–water partition coefficient (Wildman–Crippen LogP) is 6.19. The van der Waals surface area contributed by atoms with Crippen LogP contribution in [0.15, 0.2) is 5.11 Å². The van der Waals surface area contributed by atoms with Crippen molar-refractivity contribution in [1.29, 1.82) is 0 Å². The molecule has 1 aliphatic heterocycles. The first-order valence-corrected chi connectivity index (χ1v) is 24.7. The summed E-state index contributed by atoms with van der Waals surface area (Å²) >= 11 is 0.